The second-order valence-corrected chi connectivity index (χ2v) is 8.09. The molecule has 0 atom stereocenters. The highest BCUT2D eigenvalue weighted by Crippen LogP contribution is 2.46. The van der Waals surface area contributed by atoms with Crippen molar-refractivity contribution in [2.45, 2.75) is 18.3 Å². The van der Waals surface area contributed by atoms with E-state index in [0.717, 1.165) is 29.7 Å². The third kappa shape index (κ3) is 3.37. The van der Waals surface area contributed by atoms with Gasteiger partial charge >= 0.3 is 0 Å². The van der Waals surface area contributed by atoms with Gasteiger partial charge in [-0.15, -0.1) is 0 Å². The van der Waals surface area contributed by atoms with Gasteiger partial charge in [0.1, 0.15) is 17.3 Å². The minimum Gasteiger partial charge on any atom is -0.492 e. The molecule has 7 heteroatoms. The highest BCUT2D eigenvalue weighted by Gasteiger charge is 2.44. The van der Waals surface area contributed by atoms with Crippen molar-refractivity contribution in [3.63, 3.8) is 0 Å². The maximum atomic E-state index is 13.0. The average molecular weight is 417 g/mol. The van der Waals surface area contributed by atoms with E-state index in [1.54, 1.807) is 12.1 Å². The summed E-state index contributed by atoms with van der Waals surface area (Å²) in [6.45, 7) is 1.76. The van der Waals surface area contributed by atoms with Gasteiger partial charge in [-0.1, -0.05) is 30.3 Å². The van der Waals surface area contributed by atoms with Crippen LogP contribution in [-0.2, 0) is 5.41 Å². The van der Waals surface area contributed by atoms with E-state index >= 15 is 0 Å². The van der Waals surface area contributed by atoms with Crippen LogP contribution in [0.2, 0.25) is 0 Å². The summed E-state index contributed by atoms with van der Waals surface area (Å²) in [5, 5.41) is 16.9. The van der Waals surface area contributed by atoms with Crippen LogP contribution < -0.4 is 10.2 Å². The standard InChI is InChI=1S/C24H23N3O4/c25-22(26-29)17-6-7-20-18(14-17)24(15-30-20)10-12-27(13-11-24)23(28)21-9-8-19(31-21)16-4-2-1-3-5-16/h1-9,14,29H,10-13,15H2,(H2,25,26). The third-order valence-corrected chi connectivity index (χ3v) is 6.34. The summed E-state index contributed by atoms with van der Waals surface area (Å²) < 4.78 is 11.8. The molecule has 0 radical (unpaired) electrons. The minimum absolute atomic E-state index is 0.0514. The van der Waals surface area contributed by atoms with Crippen molar-refractivity contribution in [1.29, 1.82) is 5.41 Å². The molecule has 1 saturated heterocycles. The molecule has 2 aliphatic rings. The van der Waals surface area contributed by atoms with E-state index in [1.165, 1.54) is 0 Å². The van der Waals surface area contributed by atoms with E-state index in [-0.39, 0.29) is 17.2 Å². The molecule has 2 aliphatic heterocycles. The normalized spacial score (nSPS) is 16.6. The van der Waals surface area contributed by atoms with Crippen LogP contribution in [0.15, 0.2) is 65.1 Å². The first kappa shape index (κ1) is 19.4. The van der Waals surface area contributed by atoms with Gasteiger partial charge in [-0.3, -0.25) is 20.9 Å². The molecule has 1 aromatic heterocycles. The maximum absolute atomic E-state index is 13.0. The SMILES string of the molecule is N=C(NO)c1ccc2c(c1)C1(CCN(C(=O)c3ccc(-c4ccccc4)o3)CC1)CO2. The Morgan fingerprint density at radius 1 is 1.06 bits per heavy atom. The summed E-state index contributed by atoms with van der Waals surface area (Å²) in [4.78, 5) is 14.8. The topological polar surface area (TPSA) is 98.8 Å². The fraction of sp³-hybridized carbons (Fsp3) is 0.250. The van der Waals surface area contributed by atoms with E-state index in [9.17, 15) is 4.79 Å². The zero-order valence-corrected chi connectivity index (χ0v) is 16.9. The van der Waals surface area contributed by atoms with Crippen molar-refractivity contribution in [2.24, 2.45) is 0 Å². The van der Waals surface area contributed by atoms with Gasteiger partial charge in [0.15, 0.2) is 5.76 Å². The predicted octanol–water partition coefficient (Wildman–Crippen LogP) is 3.82. The Morgan fingerprint density at radius 3 is 2.58 bits per heavy atom. The van der Waals surface area contributed by atoms with Crippen LogP contribution in [0.1, 0.15) is 34.5 Å². The van der Waals surface area contributed by atoms with Crippen molar-refractivity contribution in [3.05, 3.63) is 77.6 Å². The number of rotatable bonds is 3. The van der Waals surface area contributed by atoms with Crippen LogP contribution in [0.25, 0.3) is 11.3 Å². The number of ether oxygens (including phenoxy) is 1. The molecular weight excluding hydrogens is 394 g/mol. The molecule has 1 amide bonds. The monoisotopic (exact) mass is 417 g/mol. The molecule has 3 N–H and O–H groups in total. The van der Waals surface area contributed by atoms with Crippen molar-refractivity contribution < 1.29 is 19.2 Å². The van der Waals surface area contributed by atoms with Gasteiger partial charge < -0.3 is 14.1 Å². The van der Waals surface area contributed by atoms with Crippen molar-refractivity contribution in [2.75, 3.05) is 19.7 Å². The van der Waals surface area contributed by atoms with E-state index in [2.05, 4.69) is 0 Å². The molecule has 0 saturated carbocycles. The number of piperidine rings is 1. The van der Waals surface area contributed by atoms with Gasteiger partial charge in [0.2, 0.25) is 0 Å². The Morgan fingerprint density at radius 2 is 1.84 bits per heavy atom. The smallest absolute Gasteiger partial charge is 0.289 e. The summed E-state index contributed by atoms with van der Waals surface area (Å²) in [6.07, 6.45) is 1.53. The number of nitrogens with zero attached hydrogens (tertiary/aromatic N) is 1. The number of carbonyl (C=O) groups excluding carboxylic acids is 1. The molecule has 158 valence electrons. The lowest BCUT2D eigenvalue weighted by Crippen LogP contribution is -2.46. The molecule has 1 fully saturated rings. The second kappa shape index (κ2) is 7.59. The molecule has 3 aromatic rings. The predicted molar refractivity (Wildman–Crippen MR) is 115 cm³/mol. The highest BCUT2D eigenvalue weighted by atomic mass is 16.5. The lowest BCUT2D eigenvalue weighted by Gasteiger charge is -2.38. The summed E-state index contributed by atoms with van der Waals surface area (Å²) in [5.74, 6) is 1.69. The Hall–Kier alpha value is -3.58. The van der Waals surface area contributed by atoms with Gasteiger partial charge in [0, 0.05) is 35.2 Å². The van der Waals surface area contributed by atoms with E-state index in [1.807, 2.05) is 58.9 Å². The molecule has 3 heterocycles. The van der Waals surface area contributed by atoms with Crippen LogP contribution in [0.5, 0.6) is 5.75 Å². The molecule has 31 heavy (non-hydrogen) atoms. The fourth-order valence-electron chi connectivity index (χ4n) is 4.50. The molecule has 2 aromatic carbocycles. The Labute approximate surface area is 179 Å². The lowest BCUT2D eigenvalue weighted by atomic mass is 9.74. The number of likely N-dealkylation sites (tertiary alicyclic amines) is 1. The number of hydroxylamine groups is 1. The van der Waals surface area contributed by atoms with E-state index in [4.69, 9.17) is 19.8 Å². The molecule has 0 aliphatic carbocycles. The lowest BCUT2D eigenvalue weighted by molar-refractivity contribution is 0.0616. The summed E-state index contributed by atoms with van der Waals surface area (Å²) in [6, 6.07) is 18.8. The summed E-state index contributed by atoms with van der Waals surface area (Å²) >= 11 is 0. The molecule has 7 nitrogen and oxygen atoms in total. The van der Waals surface area contributed by atoms with Crippen LogP contribution in [0.4, 0.5) is 0 Å². The first-order valence-corrected chi connectivity index (χ1v) is 10.3. The Balaban J connectivity index is 1.31. The van der Waals surface area contributed by atoms with Gasteiger partial charge in [-0.25, -0.2) is 0 Å². The molecule has 1 spiro atoms. The van der Waals surface area contributed by atoms with Gasteiger partial charge in [0.25, 0.3) is 5.91 Å². The maximum Gasteiger partial charge on any atom is 0.289 e. The number of hydrogen-bond donors (Lipinski definition) is 3. The van der Waals surface area contributed by atoms with Gasteiger partial charge in [-0.2, -0.15) is 0 Å². The van der Waals surface area contributed by atoms with Crippen molar-refractivity contribution >= 4 is 11.7 Å². The molecular formula is C24H23N3O4. The molecule has 5 rings (SSSR count). The van der Waals surface area contributed by atoms with Crippen LogP contribution in [0.3, 0.4) is 0 Å². The van der Waals surface area contributed by atoms with Crippen molar-refractivity contribution in [1.82, 2.24) is 10.4 Å². The number of amidine groups is 1. The number of carbonyl (C=O) groups is 1. The zero-order valence-electron chi connectivity index (χ0n) is 16.9. The average Bonchev–Trinajstić information content (AvgIpc) is 3.45. The number of amides is 1. The largest absolute Gasteiger partial charge is 0.492 e. The first-order chi connectivity index (χ1) is 15.1. The fourth-order valence-corrected chi connectivity index (χ4v) is 4.50. The summed E-state index contributed by atoms with van der Waals surface area (Å²) in [5.41, 5.74) is 4.30. The summed E-state index contributed by atoms with van der Waals surface area (Å²) in [7, 11) is 0. The zero-order chi connectivity index (χ0) is 21.4. The first-order valence-electron chi connectivity index (χ1n) is 10.3. The number of fused-ring (bicyclic) bond motifs is 2. The quantitative estimate of drug-likeness (QED) is 0.342. The highest BCUT2D eigenvalue weighted by molar-refractivity contribution is 5.96. The number of hydrogen-bond acceptors (Lipinski definition) is 5. The third-order valence-electron chi connectivity index (χ3n) is 6.34. The van der Waals surface area contributed by atoms with E-state index in [0.29, 0.717) is 36.8 Å². The second-order valence-electron chi connectivity index (χ2n) is 8.09. The number of nitrogens with one attached hydrogen (secondary N) is 2. The van der Waals surface area contributed by atoms with E-state index < -0.39 is 0 Å². The number of furan rings is 1. The minimum atomic E-state index is -0.184. The molecule has 0 unspecified atom stereocenters. The number of benzene rings is 2. The van der Waals surface area contributed by atoms with Crippen LogP contribution in [0, 0.1) is 5.41 Å². The van der Waals surface area contributed by atoms with Gasteiger partial charge in [-0.05, 0) is 43.2 Å². The van der Waals surface area contributed by atoms with Crippen molar-refractivity contribution in [3.8, 4) is 17.1 Å². The van der Waals surface area contributed by atoms with Gasteiger partial charge in [0.05, 0.1) is 6.61 Å². The van der Waals surface area contributed by atoms with Crippen LogP contribution in [-0.4, -0.2) is 41.5 Å². The Kier molecular flexibility index (Phi) is 4.75. The molecule has 0 bridgehead atoms. The van der Waals surface area contributed by atoms with Crippen LogP contribution >= 0.6 is 0 Å². The Bertz CT molecular complexity index is 1130.